The third kappa shape index (κ3) is 5.03. The van der Waals surface area contributed by atoms with Crippen LogP contribution in [0.25, 0.3) is 21.3 Å². The molecular weight excluding hydrogens is 483 g/mol. The topological polar surface area (TPSA) is 101 Å². The van der Waals surface area contributed by atoms with Crippen molar-refractivity contribution in [1.29, 1.82) is 0 Å². The van der Waals surface area contributed by atoms with E-state index in [1.54, 1.807) is 12.1 Å². The van der Waals surface area contributed by atoms with Crippen LogP contribution in [0, 0.1) is 5.92 Å². The summed E-state index contributed by atoms with van der Waals surface area (Å²) in [6.07, 6.45) is -2.24. The molecule has 5 rings (SSSR count). The molecule has 0 spiro atoms. The Hall–Kier alpha value is -3.38. The number of rotatable bonds is 6. The number of thiazole rings is 1. The van der Waals surface area contributed by atoms with Gasteiger partial charge in [-0.25, -0.2) is 9.97 Å². The van der Waals surface area contributed by atoms with Crippen LogP contribution >= 0.6 is 11.3 Å². The fourth-order valence-corrected chi connectivity index (χ4v) is 5.23. The molecule has 0 saturated heterocycles. The second kappa shape index (κ2) is 9.00. The van der Waals surface area contributed by atoms with Crippen molar-refractivity contribution in [3.63, 3.8) is 0 Å². The highest BCUT2D eigenvalue weighted by Crippen LogP contribution is 2.33. The molecule has 1 aliphatic rings. The Morgan fingerprint density at radius 3 is 2.77 bits per heavy atom. The number of carbonyl (C=O) groups excluding carboxylic acids is 1. The first kappa shape index (κ1) is 23.4. The third-order valence-electron chi connectivity index (χ3n) is 6.09. The molecule has 1 amide bonds. The largest absolute Gasteiger partial charge is 0.573 e. The number of alkyl halides is 3. The Morgan fingerprint density at radius 2 is 2.03 bits per heavy atom. The first-order chi connectivity index (χ1) is 16.7. The zero-order valence-electron chi connectivity index (χ0n) is 18.6. The van der Waals surface area contributed by atoms with E-state index in [9.17, 15) is 23.1 Å². The minimum Gasteiger partial charge on any atom is -0.406 e. The molecule has 2 heterocycles. The summed E-state index contributed by atoms with van der Waals surface area (Å²) in [5.41, 5.74) is 2.43. The number of fused-ring (bicyclic) bond motifs is 2. The van der Waals surface area contributed by atoms with Gasteiger partial charge in [-0.1, -0.05) is 11.3 Å². The number of imidazole rings is 1. The average molecular weight is 506 g/mol. The Balaban J connectivity index is 1.34. The number of halogens is 3. The minimum absolute atomic E-state index is 0.0531. The van der Waals surface area contributed by atoms with E-state index in [1.165, 1.54) is 29.5 Å². The van der Waals surface area contributed by atoms with Crippen molar-refractivity contribution in [3.8, 4) is 5.75 Å². The van der Waals surface area contributed by atoms with Gasteiger partial charge in [-0.2, -0.15) is 0 Å². The number of ether oxygens (including phenoxy) is 1. The summed E-state index contributed by atoms with van der Waals surface area (Å²) in [5, 5.41) is 15.9. The molecule has 8 nitrogen and oxygen atoms in total. The van der Waals surface area contributed by atoms with E-state index in [0.29, 0.717) is 32.4 Å². The fourth-order valence-electron chi connectivity index (χ4n) is 4.34. The summed E-state index contributed by atoms with van der Waals surface area (Å²) in [7, 11) is 1.81. The van der Waals surface area contributed by atoms with Crippen LogP contribution in [0.1, 0.15) is 29.6 Å². The fraction of sp³-hybridized carbons (Fsp3) is 0.348. The van der Waals surface area contributed by atoms with Crippen LogP contribution < -0.4 is 15.4 Å². The zero-order valence-corrected chi connectivity index (χ0v) is 19.4. The predicted molar refractivity (Wildman–Crippen MR) is 126 cm³/mol. The number of hydrogen-bond donors (Lipinski definition) is 3. The maximum absolute atomic E-state index is 12.7. The van der Waals surface area contributed by atoms with Gasteiger partial charge in [0.25, 0.3) is 5.91 Å². The Morgan fingerprint density at radius 1 is 1.20 bits per heavy atom. The molecule has 3 N–H and O–H groups in total. The lowest BCUT2D eigenvalue weighted by Crippen LogP contribution is -2.33. The standard InChI is InChI=1S/C23H22F3N5O3S/c1-31-18-7-3-13(20(33)27-14-4-2-12(8-14)11-32)9-17(18)28-21(31)30-22-29-16-6-5-15(10-19(16)35-22)34-23(24,25)26/h3,5-7,9-10,12,14,32H,2,4,8,11H2,1H3,(H,27,33)(H,28,29,30)/t12-,14+/m1/s1. The highest BCUT2D eigenvalue weighted by molar-refractivity contribution is 7.22. The number of hydrogen-bond acceptors (Lipinski definition) is 7. The van der Waals surface area contributed by atoms with E-state index in [0.717, 1.165) is 24.8 Å². The number of nitrogens with zero attached hydrogens (tertiary/aromatic N) is 3. The van der Waals surface area contributed by atoms with Crippen LogP contribution in [0.2, 0.25) is 0 Å². The highest BCUT2D eigenvalue weighted by atomic mass is 32.1. The summed E-state index contributed by atoms with van der Waals surface area (Å²) >= 11 is 1.17. The summed E-state index contributed by atoms with van der Waals surface area (Å²) < 4.78 is 43.8. The van der Waals surface area contributed by atoms with Gasteiger partial charge in [-0.05, 0) is 55.5 Å². The number of aliphatic hydroxyl groups is 1. The van der Waals surface area contributed by atoms with Crippen LogP contribution in [0.5, 0.6) is 5.75 Å². The van der Waals surface area contributed by atoms with Crippen molar-refractivity contribution >= 4 is 49.6 Å². The molecule has 12 heteroatoms. The molecule has 2 aromatic carbocycles. The Labute approximate surface area is 201 Å². The molecule has 1 aliphatic carbocycles. The number of amides is 1. The van der Waals surface area contributed by atoms with E-state index in [-0.39, 0.29) is 30.2 Å². The van der Waals surface area contributed by atoms with Crippen LogP contribution in [-0.2, 0) is 7.05 Å². The van der Waals surface area contributed by atoms with Crippen LogP contribution in [0.3, 0.4) is 0 Å². The number of benzene rings is 2. The van der Waals surface area contributed by atoms with Crippen LogP contribution in [0.15, 0.2) is 36.4 Å². The maximum atomic E-state index is 12.7. The molecule has 4 aromatic rings. The van der Waals surface area contributed by atoms with E-state index in [1.807, 2.05) is 17.7 Å². The lowest BCUT2D eigenvalue weighted by atomic mass is 10.1. The predicted octanol–water partition coefficient (Wildman–Crippen LogP) is 4.72. The smallest absolute Gasteiger partial charge is 0.406 e. The molecule has 2 aromatic heterocycles. The van der Waals surface area contributed by atoms with Crippen molar-refractivity contribution < 1.29 is 27.8 Å². The average Bonchev–Trinajstić information content (AvgIpc) is 3.50. The molecule has 0 aliphatic heterocycles. The molecule has 1 fully saturated rings. The molecule has 0 radical (unpaired) electrons. The number of anilines is 2. The van der Waals surface area contributed by atoms with E-state index in [4.69, 9.17) is 0 Å². The van der Waals surface area contributed by atoms with Crippen molar-refractivity contribution in [2.24, 2.45) is 13.0 Å². The number of aryl methyl sites for hydroxylation is 1. The number of nitrogens with one attached hydrogen (secondary N) is 2. The number of aliphatic hydroxyl groups excluding tert-OH is 1. The monoisotopic (exact) mass is 505 g/mol. The van der Waals surface area contributed by atoms with Gasteiger partial charge in [0.1, 0.15) is 5.75 Å². The molecule has 0 bridgehead atoms. The molecular formula is C23H22F3N5O3S. The van der Waals surface area contributed by atoms with Gasteiger partial charge in [0.15, 0.2) is 5.13 Å². The van der Waals surface area contributed by atoms with Gasteiger partial charge < -0.3 is 25.0 Å². The number of aromatic nitrogens is 3. The number of carbonyl (C=O) groups is 1. The molecule has 2 atom stereocenters. The quantitative estimate of drug-likeness (QED) is 0.351. The van der Waals surface area contributed by atoms with Gasteiger partial charge >= 0.3 is 6.36 Å². The Kier molecular flexibility index (Phi) is 6.01. The summed E-state index contributed by atoms with van der Waals surface area (Å²) in [6, 6.07) is 9.29. The minimum atomic E-state index is -4.76. The first-order valence-electron chi connectivity index (χ1n) is 11.0. The summed E-state index contributed by atoms with van der Waals surface area (Å²) in [6.45, 7) is 0.138. The van der Waals surface area contributed by atoms with Crippen molar-refractivity contribution in [1.82, 2.24) is 19.9 Å². The van der Waals surface area contributed by atoms with Crippen LogP contribution in [-0.4, -0.2) is 44.6 Å². The second-order valence-corrected chi connectivity index (χ2v) is 9.58. The van der Waals surface area contributed by atoms with Gasteiger partial charge in [-0.3, -0.25) is 4.79 Å². The van der Waals surface area contributed by atoms with Gasteiger partial charge in [0.2, 0.25) is 5.95 Å². The van der Waals surface area contributed by atoms with Gasteiger partial charge in [0, 0.05) is 31.3 Å². The zero-order chi connectivity index (χ0) is 24.7. The van der Waals surface area contributed by atoms with Crippen molar-refractivity contribution in [3.05, 3.63) is 42.0 Å². The molecule has 35 heavy (non-hydrogen) atoms. The second-order valence-electron chi connectivity index (χ2n) is 8.55. The van der Waals surface area contributed by atoms with Crippen molar-refractivity contribution in [2.75, 3.05) is 11.9 Å². The molecule has 184 valence electrons. The van der Waals surface area contributed by atoms with Crippen molar-refractivity contribution in [2.45, 2.75) is 31.7 Å². The van der Waals surface area contributed by atoms with E-state index in [2.05, 4.69) is 25.3 Å². The molecule has 1 saturated carbocycles. The Bertz CT molecular complexity index is 1400. The van der Waals surface area contributed by atoms with E-state index < -0.39 is 6.36 Å². The summed E-state index contributed by atoms with van der Waals surface area (Å²) in [5.74, 6) is 0.223. The summed E-state index contributed by atoms with van der Waals surface area (Å²) in [4.78, 5) is 21.7. The SMILES string of the molecule is Cn1c(Nc2nc3ccc(OC(F)(F)F)cc3s2)nc2cc(C(=O)N[C@H]3CC[C@@H](CO)C3)ccc21. The maximum Gasteiger partial charge on any atom is 0.573 e. The van der Waals surface area contributed by atoms with Gasteiger partial charge in [-0.15, -0.1) is 13.2 Å². The van der Waals surface area contributed by atoms with Crippen LogP contribution in [0.4, 0.5) is 24.3 Å². The third-order valence-corrected chi connectivity index (χ3v) is 7.02. The van der Waals surface area contributed by atoms with E-state index >= 15 is 0 Å². The first-order valence-corrected chi connectivity index (χ1v) is 11.8. The highest BCUT2D eigenvalue weighted by Gasteiger charge is 2.31. The lowest BCUT2D eigenvalue weighted by molar-refractivity contribution is -0.274. The molecule has 0 unspecified atom stereocenters. The normalized spacial score (nSPS) is 18.3. The van der Waals surface area contributed by atoms with Gasteiger partial charge in [0.05, 0.1) is 21.3 Å². The lowest BCUT2D eigenvalue weighted by Gasteiger charge is -2.12.